The number of fused-ring (bicyclic) bond motifs is 1. The van der Waals surface area contributed by atoms with Crippen LogP contribution in [-0.2, 0) is 0 Å². The predicted octanol–water partition coefficient (Wildman–Crippen LogP) is 4.80. The summed E-state index contributed by atoms with van der Waals surface area (Å²) in [6.07, 6.45) is 1.81. The number of benzene rings is 1. The molecule has 1 saturated heterocycles. The Morgan fingerprint density at radius 1 is 1.03 bits per heavy atom. The minimum atomic E-state index is -0.277. The first kappa shape index (κ1) is 25.4. The second-order valence-electron chi connectivity index (χ2n) is 7.09. The molecule has 1 aromatic carbocycles. The zero-order chi connectivity index (χ0) is 18.3. The van der Waals surface area contributed by atoms with Crippen molar-refractivity contribution in [3.05, 3.63) is 42.1 Å². The summed E-state index contributed by atoms with van der Waals surface area (Å²) in [5.74, 6) is 1.50. The van der Waals surface area contributed by atoms with Crippen LogP contribution < -0.4 is 10.2 Å². The number of piperazine rings is 1. The molecule has 29 heavy (non-hydrogen) atoms. The van der Waals surface area contributed by atoms with Gasteiger partial charge >= 0.3 is 0 Å². The second kappa shape index (κ2) is 10.4. The molecule has 0 atom stereocenters. The summed E-state index contributed by atoms with van der Waals surface area (Å²) >= 11 is 0. The lowest BCUT2D eigenvalue weighted by Crippen LogP contribution is -2.43. The Morgan fingerprint density at radius 2 is 1.72 bits per heavy atom. The lowest BCUT2D eigenvalue weighted by Gasteiger charge is -2.28. The van der Waals surface area contributed by atoms with Gasteiger partial charge in [0.15, 0.2) is 5.82 Å². The molecule has 2 aromatic heterocycles. The Hall–Kier alpha value is -1.60. The summed E-state index contributed by atoms with van der Waals surface area (Å²) < 4.78 is 16.8. The lowest BCUT2D eigenvalue weighted by atomic mass is 10.1. The molecule has 0 unspecified atom stereocenters. The van der Waals surface area contributed by atoms with Crippen LogP contribution in [0.25, 0.3) is 22.2 Å². The SMILES string of the molecule is Cc1nc2c(F)cc(-c3ccnc(N4CCNCC4)c3)cc2n1C(C)C.Cl.Cl.Cl. The number of pyridine rings is 1. The maximum Gasteiger partial charge on any atom is 0.151 e. The average molecular weight is 463 g/mol. The third-order valence-corrected chi connectivity index (χ3v) is 4.96. The third kappa shape index (κ3) is 4.94. The summed E-state index contributed by atoms with van der Waals surface area (Å²) in [5, 5.41) is 3.35. The molecule has 1 fully saturated rings. The molecule has 0 spiro atoms. The Kier molecular flexibility index (Phi) is 9.15. The van der Waals surface area contributed by atoms with Crippen LogP contribution in [0.4, 0.5) is 10.2 Å². The molecule has 5 nitrogen and oxygen atoms in total. The first-order chi connectivity index (χ1) is 12.5. The van der Waals surface area contributed by atoms with E-state index in [0.29, 0.717) is 5.52 Å². The molecular weight excluding hydrogens is 436 g/mol. The average Bonchev–Trinajstić information content (AvgIpc) is 2.99. The van der Waals surface area contributed by atoms with Gasteiger partial charge in [-0.2, -0.15) is 0 Å². The third-order valence-electron chi connectivity index (χ3n) is 4.96. The summed E-state index contributed by atoms with van der Waals surface area (Å²) in [6, 6.07) is 7.83. The molecule has 1 aliphatic heterocycles. The van der Waals surface area contributed by atoms with Gasteiger partial charge < -0.3 is 14.8 Å². The Labute approximate surface area is 189 Å². The van der Waals surface area contributed by atoms with Crippen molar-refractivity contribution >= 4 is 54.1 Å². The zero-order valence-corrected chi connectivity index (χ0v) is 19.1. The minimum absolute atomic E-state index is 0. The largest absolute Gasteiger partial charge is 0.354 e. The van der Waals surface area contributed by atoms with Crippen LogP contribution in [0.15, 0.2) is 30.5 Å². The molecule has 0 aliphatic carbocycles. The van der Waals surface area contributed by atoms with Crippen molar-refractivity contribution in [3.8, 4) is 11.1 Å². The number of rotatable bonds is 3. The second-order valence-corrected chi connectivity index (χ2v) is 7.09. The van der Waals surface area contributed by atoms with Crippen molar-refractivity contribution in [1.29, 1.82) is 0 Å². The van der Waals surface area contributed by atoms with Gasteiger partial charge in [0.05, 0.1) is 5.52 Å². The molecule has 9 heteroatoms. The molecule has 0 radical (unpaired) electrons. The highest BCUT2D eigenvalue weighted by Gasteiger charge is 2.17. The molecule has 0 amide bonds. The van der Waals surface area contributed by atoms with Crippen LogP contribution in [0.5, 0.6) is 0 Å². The Morgan fingerprint density at radius 3 is 2.38 bits per heavy atom. The number of nitrogens with one attached hydrogen (secondary N) is 1. The number of imidazole rings is 1. The van der Waals surface area contributed by atoms with E-state index in [0.717, 1.165) is 54.5 Å². The highest BCUT2D eigenvalue weighted by Crippen LogP contribution is 2.30. The van der Waals surface area contributed by atoms with Gasteiger partial charge in [-0.3, -0.25) is 0 Å². The van der Waals surface area contributed by atoms with Crippen molar-refractivity contribution in [2.24, 2.45) is 0 Å². The van der Waals surface area contributed by atoms with Gasteiger partial charge in [0.1, 0.15) is 17.2 Å². The van der Waals surface area contributed by atoms with Crippen LogP contribution in [0.3, 0.4) is 0 Å². The number of hydrogen-bond donors (Lipinski definition) is 1. The van der Waals surface area contributed by atoms with Gasteiger partial charge in [-0.1, -0.05) is 0 Å². The topological polar surface area (TPSA) is 46.0 Å². The fourth-order valence-corrected chi connectivity index (χ4v) is 3.75. The van der Waals surface area contributed by atoms with Gasteiger partial charge in [0.2, 0.25) is 0 Å². The van der Waals surface area contributed by atoms with Gasteiger partial charge in [-0.25, -0.2) is 14.4 Å². The van der Waals surface area contributed by atoms with E-state index in [9.17, 15) is 4.39 Å². The van der Waals surface area contributed by atoms with E-state index in [1.165, 1.54) is 0 Å². The summed E-state index contributed by atoms with van der Waals surface area (Å²) in [4.78, 5) is 11.2. The van der Waals surface area contributed by atoms with E-state index in [-0.39, 0.29) is 49.1 Å². The maximum absolute atomic E-state index is 14.7. The van der Waals surface area contributed by atoms with Gasteiger partial charge in [0, 0.05) is 38.4 Å². The van der Waals surface area contributed by atoms with Crippen LogP contribution >= 0.6 is 37.2 Å². The monoisotopic (exact) mass is 461 g/mol. The lowest BCUT2D eigenvalue weighted by molar-refractivity contribution is 0.585. The first-order valence-electron chi connectivity index (χ1n) is 9.15. The molecular formula is C20H27Cl3FN5. The number of aryl methyl sites for hydroxylation is 1. The van der Waals surface area contributed by atoms with Crippen molar-refractivity contribution in [1.82, 2.24) is 19.9 Å². The fourth-order valence-electron chi connectivity index (χ4n) is 3.75. The van der Waals surface area contributed by atoms with E-state index >= 15 is 0 Å². The fraction of sp³-hybridized carbons (Fsp3) is 0.400. The van der Waals surface area contributed by atoms with Crippen LogP contribution in [0.1, 0.15) is 25.7 Å². The molecule has 160 valence electrons. The standard InChI is InChI=1S/C20H24FN5.3ClH/c1-13(2)26-14(3)24-20-17(21)10-16(11-18(20)26)15-4-5-23-19(12-15)25-8-6-22-7-9-25;;;/h4-5,10-13,22H,6-9H2,1-3H3;3*1H. The van der Waals surface area contributed by atoms with Crippen LogP contribution in [0, 0.1) is 12.7 Å². The van der Waals surface area contributed by atoms with Crippen molar-refractivity contribution in [2.45, 2.75) is 26.8 Å². The summed E-state index contributed by atoms with van der Waals surface area (Å²) in [6.45, 7) is 9.89. The molecule has 3 aromatic rings. The Balaban J connectivity index is 0.00000140. The molecule has 1 N–H and O–H groups in total. The van der Waals surface area contributed by atoms with Crippen molar-refractivity contribution in [3.63, 3.8) is 0 Å². The number of anilines is 1. The number of aromatic nitrogens is 3. The number of halogens is 4. The predicted molar refractivity (Wildman–Crippen MR) is 125 cm³/mol. The van der Waals surface area contributed by atoms with Gasteiger partial charge in [-0.05, 0) is 56.2 Å². The van der Waals surface area contributed by atoms with Gasteiger partial charge in [-0.15, -0.1) is 37.2 Å². The minimum Gasteiger partial charge on any atom is -0.354 e. The molecule has 3 heterocycles. The number of hydrogen-bond acceptors (Lipinski definition) is 4. The van der Waals surface area contributed by atoms with Crippen LogP contribution in [-0.4, -0.2) is 40.7 Å². The molecule has 0 saturated carbocycles. The van der Waals surface area contributed by atoms with Crippen LogP contribution in [0.2, 0.25) is 0 Å². The molecule has 4 rings (SSSR count). The van der Waals surface area contributed by atoms with E-state index in [2.05, 4.69) is 44.7 Å². The smallest absolute Gasteiger partial charge is 0.151 e. The van der Waals surface area contributed by atoms with E-state index in [1.807, 2.05) is 19.1 Å². The first-order valence-corrected chi connectivity index (χ1v) is 9.15. The van der Waals surface area contributed by atoms with E-state index in [4.69, 9.17) is 0 Å². The van der Waals surface area contributed by atoms with Gasteiger partial charge in [0.25, 0.3) is 0 Å². The summed E-state index contributed by atoms with van der Waals surface area (Å²) in [5.41, 5.74) is 3.11. The molecule has 1 aliphatic rings. The normalized spacial score (nSPS) is 13.6. The van der Waals surface area contributed by atoms with E-state index < -0.39 is 0 Å². The summed E-state index contributed by atoms with van der Waals surface area (Å²) in [7, 11) is 0. The highest BCUT2D eigenvalue weighted by atomic mass is 35.5. The zero-order valence-electron chi connectivity index (χ0n) is 16.7. The molecule has 0 bridgehead atoms. The van der Waals surface area contributed by atoms with E-state index in [1.54, 1.807) is 12.3 Å². The number of nitrogens with zero attached hydrogens (tertiary/aromatic N) is 4. The quantitative estimate of drug-likeness (QED) is 0.607. The van der Waals surface area contributed by atoms with Crippen molar-refractivity contribution in [2.75, 3.05) is 31.1 Å². The Bertz CT molecular complexity index is 955. The maximum atomic E-state index is 14.7. The van der Waals surface area contributed by atoms with Crippen molar-refractivity contribution < 1.29 is 4.39 Å². The highest BCUT2D eigenvalue weighted by molar-refractivity contribution is 5.86.